The standard InChI is InChI=1S/C23H24NO/c25-23(17-24-16-6-10-20-9-4-5-11-22(20)24)21-14-12-19(13-15-21)18-7-2-1-3-8-18/h4-6,9-16,18H,1-3,7-8,17H2/q+1. The molecular formula is C23H24NO+. The predicted octanol–water partition coefficient (Wildman–Crippen LogP) is 5.06. The third-order valence-corrected chi connectivity index (χ3v) is 5.41. The molecule has 0 spiro atoms. The molecule has 1 saturated carbocycles. The van der Waals surface area contributed by atoms with E-state index < -0.39 is 0 Å². The first-order valence-electron chi connectivity index (χ1n) is 9.31. The van der Waals surface area contributed by atoms with Crippen molar-refractivity contribution in [1.82, 2.24) is 0 Å². The fourth-order valence-corrected chi connectivity index (χ4v) is 3.98. The van der Waals surface area contributed by atoms with Gasteiger partial charge in [-0.3, -0.25) is 4.79 Å². The lowest BCUT2D eigenvalue weighted by Crippen LogP contribution is -2.38. The summed E-state index contributed by atoms with van der Waals surface area (Å²) in [5.74, 6) is 0.849. The first kappa shape index (κ1) is 16.0. The molecule has 0 atom stereocenters. The summed E-state index contributed by atoms with van der Waals surface area (Å²) in [5, 5.41) is 1.16. The maximum Gasteiger partial charge on any atom is 0.227 e. The van der Waals surface area contributed by atoms with Gasteiger partial charge in [0, 0.05) is 23.1 Å². The summed E-state index contributed by atoms with van der Waals surface area (Å²) < 4.78 is 2.03. The Labute approximate surface area is 149 Å². The molecule has 2 aromatic carbocycles. The van der Waals surface area contributed by atoms with Gasteiger partial charge < -0.3 is 0 Å². The third kappa shape index (κ3) is 3.48. The van der Waals surface area contributed by atoms with Crippen molar-refractivity contribution in [2.45, 2.75) is 44.6 Å². The molecule has 1 fully saturated rings. The van der Waals surface area contributed by atoms with Crippen LogP contribution in [0, 0.1) is 0 Å². The van der Waals surface area contributed by atoms with Crippen molar-refractivity contribution in [3.05, 3.63) is 78.0 Å². The van der Waals surface area contributed by atoms with Crippen LogP contribution in [-0.2, 0) is 6.54 Å². The van der Waals surface area contributed by atoms with Gasteiger partial charge in [-0.2, -0.15) is 4.57 Å². The van der Waals surface area contributed by atoms with Crippen LogP contribution in [0.15, 0.2) is 66.9 Å². The van der Waals surface area contributed by atoms with Crippen molar-refractivity contribution < 1.29 is 9.36 Å². The zero-order valence-electron chi connectivity index (χ0n) is 14.5. The number of pyridine rings is 1. The van der Waals surface area contributed by atoms with E-state index in [4.69, 9.17) is 0 Å². The molecule has 0 unspecified atom stereocenters. The van der Waals surface area contributed by atoms with E-state index in [1.54, 1.807) is 0 Å². The highest BCUT2D eigenvalue weighted by atomic mass is 16.1. The molecule has 0 aliphatic heterocycles. The minimum absolute atomic E-state index is 0.163. The Kier molecular flexibility index (Phi) is 4.60. The third-order valence-electron chi connectivity index (χ3n) is 5.41. The Morgan fingerprint density at radius 2 is 1.60 bits per heavy atom. The van der Waals surface area contributed by atoms with Crippen LogP contribution in [0.3, 0.4) is 0 Å². The van der Waals surface area contributed by atoms with Crippen LogP contribution in [0.5, 0.6) is 0 Å². The normalized spacial score (nSPS) is 15.4. The van der Waals surface area contributed by atoms with Gasteiger partial charge in [0.15, 0.2) is 6.20 Å². The summed E-state index contributed by atoms with van der Waals surface area (Å²) in [6.45, 7) is 0.379. The highest BCUT2D eigenvalue weighted by Crippen LogP contribution is 2.32. The van der Waals surface area contributed by atoms with E-state index in [2.05, 4.69) is 30.3 Å². The van der Waals surface area contributed by atoms with Gasteiger partial charge in [-0.25, -0.2) is 0 Å². The van der Waals surface area contributed by atoms with Crippen LogP contribution in [0.4, 0.5) is 0 Å². The van der Waals surface area contributed by atoms with E-state index in [-0.39, 0.29) is 5.78 Å². The molecule has 3 aromatic rings. The number of ketones is 1. The van der Waals surface area contributed by atoms with Crippen molar-refractivity contribution in [3.8, 4) is 0 Å². The average Bonchev–Trinajstić information content (AvgIpc) is 2.69. The van der Waals surface area contributed by atoms with Gasteiger partial charge in [-0.05, 0) is 36.5 Å². The first-order valence-corrected chi connectivity index (χ1v) is 9.31. The summed E-state index contributed by atoms with van der Waals surface area (Å²) in [6, 6.07) is 20.6. The zero-order chi connectivity index (χ0) is 17.1. The van der Waals surface area contributed by atoms with E-state index >= 15 is 0 Å². The smallest absolute Gasteiger partial charge is 0.227 e. The molecule has 0 amide bonds. The Bertz CT molecular complexity index is 871. The first-order chi connectivity index (χ1) is 12.3. The SMILES string of the molecule is O=C(C[n+]1cccc2ccccc21)c1ccc(C2CCCCC2)cc1. The van der Waals surface area contributed by atoms with E-state index in [0.717, 1.165) is 16.5 Å². The maximum absolute atomic E-state index is 12.7. The molecule has 1 heterocycles. The van der Waals surface area contributed by atoms with Gasteiger partial charge in [0.25, 0.3) is 0 Å². The molecule has 1 aliphatic rings. The molecule has 0 bridgehead atoms. The minimum atomic E-state index is 0.163. The summed E-state index contributed by atoms with van der Waals surface area (Å²) in [4.78, 5) is 12.7. The number of carbonyl (C=O) groups is 1. The number of fused-ring (bicyclic) bond motifs is 1. The fraction of sp³-hybridized carbons (Fsp3) is 0.304. The summed E-state index contributed by atoms with van der Waals surface area (Å²) in [7, 11) is 0. The van der Waals surface area contributed by atoms with Crippen molar-refractivity contribution in [2.75, 3.05) is 0 Å². The lowest BCUT2D eigenvalue weighted by molar-refractivity contribution is -0.657. The van der Waals surface area contributed by atoms with E-state index in [1.165, 1.54) is 37.7 Å². The fourth-order valence-electron chi connectivity index (χ4n) is 3.98. The van der Waals surface area contributed by atoms with Gasteiger partial charge in [0.05, 0.1) is 0 Å². The van der Waals surface area contributed by atoms with Crippen LogP contribution < -0.4 is 4.57 Å². The van der Waals surface area contributed by atoms with Gasteiger partial charge >= 0.3 is 0 Å². The molecule has 2 heteroatoms. The second kappa shape index (κ2) is 7.18. The molecule has 0 radical (unpaired) electrons. The summed E-state index contributed by atoms with van der Waals surface area (Å²) in [5.41, 5.74) is 3.30. The lowest BCUT2D eigenvalue weighted by Gasteiger charge is -2.21. The Morgan fingerprint density at radius 3 is 2.40 bits per heavy atom. The second-order valence-electron chi connectivity index (χ2n) is 7.08. The van der Waals surface area contributed by atoms with Crippen LogP contribution in [0.2, 0.25) is 0 Å². The number of para-hydroxylation sites is 1. The van der Waals surface area contributed by atoms with E-state index in [9.17, 15) is 4.79 Å². The van der Waals surface area contributed by atoms with Crippen LogP contribution in [0.25, 0.3) is 10.9 Å². The summed E-state index contributed by atoms with van der Waals surface area (Å²) in [6.07, 6.45) is 8.61. The molecule has 4 rings (SSSR count). The maximum atomic E-state index is 12.7. The molecular weight excluding hydrogens is 306 g/mol. The average molecular weight is 330 g/mol. The van der Waals surface area contributed by atoms with Crippen molar-refractivity contribution in [3.63, 3.8) is 0 Å². The van der Waals surface area contributed by atoms with Gasteiger partial charge in [0.2, 0.25) is 17.8 Å². The predicted molar refractivity (Wildman–Crippen MR) is 101 cm³/mol. The van der Waals surface area contributed by atoms with Crippen LogP contribution >= 0.6 is 0 Å². The Morgan fingerprint density at radius 1 is 0.880 bits per heavy atom. The highest BCUT2D eigenvalue weighted by molar-refractivity contribution is 5.95. The topological polar surface area (TPSA) is 20.9 Å². The zero-order valence-corrected chi connectivity index (χ0v) is 14.5. The number of nitrogens with zero attached hydrogens (tertiary/aromatic N) is 1. The molecule has 0 saturated heterocycles. The molecule has 25 heavy (non-hydrogen) atoms. The molecule has 0 N–H and O–H groups in total. The van der Waals surface area contributed by atoms with Crippen molar-refractivity contribution in [1.29, 1.82) is 0 Å². The Hall–Kier alpha value is -2.48. The van der Waals surface area contributed by atoms with Crippen molar-refractivity contribution in [2.24, 2.45) is 0 Å². The van der Waals surface area contributed by atoms with E-state index in [0.29, 0.717) is 12.5 Å². The van der Waals surface area contributed by atoms with Crippen molar-refractivity contribution >= 4 is 16.7 Å². The number of hydrogen-bond acceptors (Lipinski definition) is 1. The molecule has 1 aromatic heterocycles. The monoisotopic (exact) mass is 330 g/mol. The number of carbonyl (C=O) groups excluding carboxylic acids is 1. The van der Waals surface area contributed by atoms with Gasteiger partial charge in [0.1, 0.15) is 0 Å². The lowest BCUT2D eigenvalue weighted by atomic mass is 9.84. The van der Waals surface area contributed by atoms with Crippen LogP contribution in [-0.4, -0.2) is 5.78 Å². The number of rotatable bonds is 4. The van der Waals surface area contributed by atoms with Gasteiger partial charge in [-0.15, -0.1) is 0 Å². The minimum Gasteiger partial charge on any atom is -0.287 e. The highest BCUT2D eigenvalue weighted by Gasteiger charge is 2.18. The number of aromatic nitrogens is 1. The molecule has 126 valence electrons. The number of Topliss-reactive ketones (excluding diaryl/α,β-unsaturated/α-hetero) is 1. The second-order valence-corrected chi connectivity index (χ2v) is 7.08. The molecule has 2 nitrogen and oxygen atoms in total. The number of hydrogen-bond donors (Lipinski definition) is 0. The number of benzene rings is 2. The van der Waals surface area contributed by atoms with Crippen LogP contribution in [0.1, 0.15) is 53.9 Å². The summed E-state index contributed by atoms with van der Waals surface area (Å²) >= 11 is 0. The quantitative estimate of drug-likeness (QED) is 0.484. The largest absolute Gasteiger partial charge is 0.287 e. The van der Waals surface area contributed by atoms with E-state index in [1.807, 2.05) is 41.1 Å². The van der Waals surface area contributed by atoms with Gasteiger partial charge in [-0.1, -0.05) is 55.7 Å². The molecule has 1 aliphatic carbocycles. The Balaban J connectivity index is 1.52.